The second-order valence-corrected chi connectivity index (χ2v) is 6.45. The lowest BCUT2D eigenvalue weighted by atomic mass is 10.2. The van der Waals surface area contributed by atoms with Gasteiger partial charge in [0.1, 0.15) is 0 Å². The molecule has 1 aromatic heterocycles. The Bertz CT molecular complexity index is 722. The molecule has 0 saturated carbocycles. The van der Waals surface area contributed by atoms with Crippen molar-refractivity contribution in [3.8, 4) is 0 Å². The van der Waals surface area contributed by atoms with Crippen molar-refractivity contribution in [2.75, 3.05) is 5.32 Å². The molecule has 0 aliphatic carbocycles. The third-order valence-corrected chi connectivity index (χ3v) is 4.60. The van der Waals surface area contributed by atoms with Crippen molar-refractivity contribution in [1.82, 2.24) is 10.2 Å². The Morgan fingerprint density at radius 2 is 1.95 bits per heavy atom. The second-order valence-electron chi connectivity index (χ2n) is 4.57. The van der Waals surface area contributed by atoms with Gasteiger partial charge in [0.05, 0.1) is 16.3 Å². The van der Waals surface area contributed by atoms with Crippen LogP contribution >= 0.6 is 0 Å². The normalized spacial score (nSPS) is 11.9. The van der Waals surface area contributed by atoms with Crippen molar-refractivity contribution >= 4 is 15.5 Å². The number of para-hydroxylation sites is 1. The van der Waals surface area contributed by atoms with E-state index in [2.05, 4.69) is 15.5 Å². The number of hydrogen-bond donors (Lipinski definition) is 2. The maximum absolute atomic E-state index is 12.7. The molecule has 0 aliphatic rings. The lowest BCUT2D eigenvalue weighted by Gasteiger charge is -2.12. The minimum atomic E-state index is -4.64. The molecule has 114 valence electrons. The van der Waals surface area contributed by atoms with E-state index in [0.29, 0.717) is 6.54 Å². The summed E-state index contributed by atoms with van der Waals surface area (Å²) >= 11 is 0. The predicted octanol–water partition coefficient (Wildman–Crippen LogP) is 2.63. The van der Waals surface area contributed by atoms with Gasteiger partial charge < -0.3 is 5.32 Å². The number of hydrogen-bond acceptors (Lipinski definition) is 4. The van der Waals surface area contributed by atoms with Crippen LogP contribution < -0.4 is 5.32 Å². The molecule has 8 heteroatoms. The van der Waals surface area contributed by atoms with E-state index in [4.69, 9.17) is 0 Å². The average molecular weight is 315 g/mol. The second kappa shape index (κ2) is 5.80. The van der Waals surface area contributed by atoms with Crippen LogP contribution in [-0.4, -0.2) is 24.4 Å². The summed E-state index contributed by atoms with van der Waals surface area (Å²) in [6, 6.07) is 5.62. The summed E-state index contributed by atoms with van der Waals surface area (Å²) in [4.78, 5) is -0.404. The van der Waals surface area contributed by atoms with E-state index in [0.717, 1.165) is 17.0 Å². The van der Waals surface area contributed by atoms with Crippen LogP contribution in [0, 0.1) is 13.8 Å². The molecule has 0 unspecified atom stereocenters. The van der Waals surface area contributed by atoms with Crippen LogP contribution in [0.25, 0.3) is 0 Å². The Balaban J connectivity index is 2.30. The summed E-state index contributed by atoms with van der Waals surface area (Å²) in [5.41, 5.74) is 2.64. The van der Waals surface area contributed by atoms with Crippen molar-refractivity contribution in [2.45, 2.75) is 31.0 Å². The molecule has 0 aliphatic heterocycles. The molecule has 0 saturated heterocycles. The van der Waals surface area contributed by atoms with E-state index in [1.807, 2.05) is 13.8 Å². The number of nitrogens with zero attached hydrogens (tertiary/aromatic N) is 1. The third kappa shape index (κ3) is 3.05. The van der Waals surface area contributed by atoms with Crippen LogP contribution in [0.5, 0.6) is 0 Å². The molecule has 0 spiro atoms. The molecule has 1 heterocycles. The Morgan fingerprint density at radius 1 is 1.29 bits per heavy atom. The highest BCUT2D eigenvalue weighted by Gasteiger charge is 2.28. The molecule has 0 atom stereocenters. The lowest BCUT2D eigenvalue weighted by molar-refractivity contribution is 0.235. The van der Waals surface area contributed by atoms with Gasteiger partial charge in [0.15, 0.2) is 0 Å². The largest absolute Gasteiger partial charge is 0.380 e. The molecule has 0 bridgehead atoms. The smallest absolute Gasteiger partial charge is 0.341 e. The van der Waals surface area contributed by atoms with Gasteiger partial charge in [-0.1, -0.05) is 12.1 Å². The molecular weight excluding hydrogens is 300 g/mol. The molecule has 2 aromatic rings. The van der Waals surface area contributed by atoms with Gasteiger partial charge in [-0.25, -0.2) is 8.42 Å². The fourth-order valence-electron chi connectivity index (χ4n) is 1.97. The van der Waals surface area contributed by atoms with E-state index in [1.54, 1.807) is 6.07 Å². The zero-order valence-corrected chi connectivity index (χ0v) is 12.3. The lowest BCUT2D eigenvalue weighted by Crippen LogP contribution is -2.14. The predicted molar refractivity (Wildman–Crippen MR) is 75.0 cm³/mol. The molecule has 0 amide bonds. The zero-order valence-electron chi connectivity index (χ0n) is 11.5. The number of aromatic nitrogens is 2. The molecule has 1 aromatic carbocycles. The van der Waals surface area contributed by atoms with E-state index in [9.17, 15) is 17.2 Å². The van der Waals surface area contributed by atoms with Crippen LogP contribution in [0.2, 0.25) is 0 Å². The molecule has 2 N–H and O–H groups in total. The minimum Gasteiger partial charge on any atom is -0.380 e. The van der Waals surface area contributed by atoms with Crippen LogP contribution in [-0.2, 0) is 16.4 Å². The highest BCUT2D eigenvalue weighted by molar-refractivity contribution is 7.91. The quantitative estimate of drug-likeness (QED) is 0.889. The Hall–Kier alpha value is -1.96. The highest BCUT2D eigenvalue weighted by Crippen LogP contribution is 2.26. The molecule has 21 heavy (non-hydrogen) atoms. The van der Waals surface area contributed by atoms with Crippen molar-refractivity contribution in [3.63, 3.8) is 0 Å². The van der Waals surface area contributed by atoms with Crippen LogP contribution in [0.3, 0.4) is 0 Å². The molecule has 2 rings (SSSR count). The van der Waals surface area contributed by atoms with Crippen LogP contribution in [0.15, 0.2) is 29.2 Å². The number of benzene rings is 1. The van der Waals surface area contributed by atoms with Crippen LogP contribution in [0.1, 0.15) is 17.0 Å². The summed E-state index contributed by atoms with van der Waals surface area (Å²) in [5.74, 6) is -3.45. The number of anilines is 1. The Labute approximate surface area is 121 Å². The van der Waals surface area contributed by atoms with Crippen LogP contribution in [0.4, 0.5) is 14.5 Å². The summed E-state index contributed by atoms with van der Waals surface area (Å²) in [7, 11) is -4.64. The van der Waals surface area contributed by atoms with Crippen molar-refractivity contribution in [2.24, 2.45) is 0 Å². The highest BCUT2D eigenvalue weighted by atomic mass is 32.2. The Morgan fingerprint density at radius 3 is 2.52 bits per heavy atom. The minimum absolute atomic E-state index is 0.151. The van der Waals surface area contributed by atoms with Gasteiger partial charge in [0.2, 0.25) is 9.84 Å². The average Bonchev–Trinajstić information content (AvgIpc) is 2.76. The molecular formula is C13H15F2N3O2S. The number of rotatable bonds is 5. The first-order valence-corrected chi connectivity index (χ1v) is 7.74. The fourth-order valence-corrected chi connectivity index (χ4v) is 2.88. The molecule has 0 fully saturated rings. The van der Waals surface area contributed by atoms with E-state index < -0.39 is 20.5 Å². The number of aromatic amines is 1. The van der Waals surface area contributed by atoms with Gasteiger partial charge in [-0.3, -0.25) is 5.10 Å². The van der Waals surface area contributed by atoms with Crippen molar-refractivity contribution in [1.29, 1.82) is 0 Å². The number of nitrogens with one attached hydrogen (secondary N) is 2. The molecule has 5 nitrogen and oxygen atoms in total. The SMILES string of the molecule is Cc1n[nH]c(C)c1CNc1ccccc1S(=O)(=O)C(F)F. The first kappa shape index (κ1) is 15.4. The maximum Gasteiger partial charge on any atom is 0.341 e. The van der Waals surface area contributed by atoms with E-state index in [1.165, 1.54) is 18.2 Å². The standard InChI is InChI=1S/C13H15F2N3O2S/c1-8-10(9(2)18-17-8)7-16-11-5-3-4-6-12(11)21(19,20)13(14)15/h3-6,13,16H,7H2,1-2H3,(H,17,18). The van der Waals surface area contributed by atoms with Gasteiger partial charge in [0.25, 0.3) is 0 Å². The van der Waals surface area contributed by atoms with E-state index in [-0.39, 0.29) is 5.69 Å². The first-order chi connectivity index (χ1) is 9.84. The number of H-pyrrole nitrogens is 1. The van der Waals surface area contributed by atoms with Gasteiger partial charge >= 0.3 is 5.76 Å². The monoisotopic (exact) mass is 315 g/mol. The fraction of sp³-hybridized carbons (Fsp3) is 0.308. The topological polar surface area (TPSA) is 74.8 Å². The van der Waals surface area contributed by atoms with Gasteiger partial charge in [-0.2, -0.15) is 13.9 Å². The van der Waals surface area contributed by atoms with Gasteiger partial charge in [0, 0.05) is 17.8 Å². The first-order valence-electron chi connectivity index (χ1n) is 6.19. The summed E-state index contributed by atoms with van der Waals surface area (Å²) < 4.78 is 48.7. The zero-order chi connectivity index (χ0) is 15.6. The summed E-state index contributed by atoms with van der Waals surface area (Å²) in [5, 5.41) is 9.72. The third-order valence-electron chi connectivity index (χ3n) is 3.16. The Kier molecular flexibility index (Phi) is 4.26. The number of alkyl halides is 2. The maximum atomic E-state index is 12.7. The van der Waals surface area contributed by atoms with Gasteiger partial charge in [-0.15, -0.1) is 0 Å². The summed E-state index contributed by atoms with van der Waals surface area (Å²) in [6.07, 6.45) is 0. The number of sulfone groups is 1. The van der Waals surface area contributed by atoms with Crippen molar-refractivity contribution in [3.05, 3.63) is 41.2 Å². The van der Waals surface area contributed by atoms with Crippen molar-refractivity contribution < 1.29 is 17.2 Å². The molecule has 0 radical (unpaired) electrons. The summed E-state index contributed by atoms with van der Waals surface area (Å²) in [6.45, 7) is 3.94. The van der Waals surface area contributed by atoms with E-state index >= 15 is 0 Å². The van der Waals surface area contributed by atoms with Gasteiger partial charge in [-0.05, 0) is 26.0 Å². The number of aryl methyl sites for hydroxylation is 2. The number of halogens is 2.